The number of aryl methyl sites for hydroxylation is 2. The lowest BCUT2D eigenvalue weighted by molar-refractivity contribution is 0.0910. The van der Waals surface area contributed by atoms with Gasteiger partial charge in [-0.05, 0) is 45.0 Å². The van der Waals surface area contributed by atoms with Crippen molar-refractivity contribution in [2.24, 2.45) is 0 Å². The van der Waals surface area contributed by atoms with E-state index in [4.69, 9.17) is 8.94 Å². The average molecular weight is 339 g/mol. The number of rotatable bonds is 6. The van der Waals surface area contributed by atoms with Crippen molar-refractivity contribution in [3.63, 3.8) is 0 Å². The molecule has 1 amide bonds. The first-order valence-corrected chi connectivity index (χ1v) is 8.24. The van der Waals surface area contributed by atoms with Gasteiger partial charge < -0.3 is 14.3 Å². The molecule has 0 fully saturated rings. The van der Waals surface area contributed by atoms with Gasteiger partial charge in [0.1, 0.15) is 11.5 Å². The van der Waals surface area contributed by atoms with E-state index in [9.17, 15) is 4.79 Å². The van der Waals surface area contributed by atoms with Gasteiger partial charge >= 0.3 is 0 Å². The molecule has 0 bridgehead atoms. The third kappa shape index (κ3) is 4.15. The molecule has 1 atom stereocenters. The molecule has 0 saturated carbocycles. The Morgan fingerprint density at radius 1 is 1.24 bits per heavy atom. The first-order chi connectivity index (χ1) is 12.0. The summed E-state index contributed by atoms with van der Waals surface area (Å²) < 4.78 is 10.8. The standard InChI is InChI=1S/C19H21N3O3/c1-12(10-15-6-4-5-9-20-15)21-19(23)18-8-7-16(24-18)11-17-13(2)22-25-14(17)3/h4-9,12H,10-11H2,1-3H3,(H,21,23)/t12-/m0/s1. The second-order valence-corrected chi connectivity index (χ2v) is 6.15. The molecule has 0 aliphatic heterocycles. The Labute approximate surface area is 146 Å². The van der Waals surface area contributed by atoms with Gasteiger partial charge in [0.2, 0.25) is 0 Å². The summed E-state index contributed by atoms with van der Waals surface area (Å²) in [7, 11) is 0. The zero-order chi connectivity index (χ0) is 17.8. The molecule has 6 nitrogen and oxygen atoms in total. The summed E-state index contributed by atoms with van der Waals surface area (Å²) in [5.41, 5.74) is 2.77. The van der Waals surface area contributed by atoms with E-state index < -0.39 is 0 Å². The molecule has 130 valence electrons. The molecule has 3 heterocycles. The molecule has 25 heavy (non-hydrogen) atoms. The van der Waals surface area contributed by atoms with Crippen molar-refractivity contribution in [1.29, 1.82) is 0 Å². The number of hydrogen-bond donors (Lipinski definition) is 1. The Balaban J connectivity index is 1.60. The molecule has 1 N–H and O–H groups in total. The van der Waals surface area contributed by atoms with Gasteiger partial charge in [-0.2, -0.15) is 0 Å². The predicted molar refractivity (Wildman–Crippen MR) is 92.4 cm³/mol. The number of nitrogens with zero attached hydrogens (tertiary/aromatic N) is 2. The van der Waals surface area contributed by atoms with E-state index in [1.807, 2.05) is 45.0 Å². The summed E-state index contributed by atoms with van der Waals surface area (Å²) in [6, 6.07) is 9.21. The minimum absolute atomic E-state index is 0.0430. The number of carbonyl (C=O) groups is 1. The summed E-state index contributed by atoms with van der Waals surface area (Å²) in [6.07, 6.45) is 2.97. The van der Waals surface area contributed by atoms with Crippen LogP contribution in [0.1, 0.15) is 46.0 Å². The fraction of sp³-hybridized carbons (Fsp3) is 0.316. The zero-order valence-electron chi connectivity index (χ0n) is 14.6. The zero-order valence-corrected chi connectivity index (χ0v) is 14.6. The number of carbonyl (C=O) groups excluding carboxylic acids is 1. The van der Waals surface area contributed by atoms with Crippen molar-refractivity contribution in [2.75, 3.05) is 0 Å². The van der Waals surface area contributed by atoms with Crippen LogP contribution in [0.4, 0.5) is 0 Å². The van der Waals surface area contributed by atoms with Crippen LogP contribution in [0.2, 0.25) is 0 Å². The molecule has 3 aromatic rings. The highest BCUT2D eigenvalue weighted by atomic mass is 16.5. The van der Waals surface area contributed by atoms with Crippen LogP contribution in [0.5, 0.6) is 0 Å². The summed E-state index contributed by atoms with van der Waals surface area (Å²) in [4.78, 5) is 16.6. The second-order valence-electron chi connectivity index (χ2n) is 6.15. The highest BCUT2D eigenvalue weighted by molar-refractivity contribution is 5.91. The Bertz CT molecular complexity index is 832. The fourth-order valence-electron chi connectivity index (χ4n) is 2.70. The number of furan rings is 1. The highest BCUT2D eigenvalue weighted by Crippen LogP contribution is 2.19. The largest absolute Gasteiger partial charge is 0.456 e. The van der Waals surface area contributed by atoms with Gasteiger partial charge in [0, 0.05) is 36.3 Å². The SMILES string of the molecule is Cc1noc(C)c1Cc1ccc(C(=O)N[C@@H](C)Cc2ccccn2)o1. The maximum atomic E-state index is 12.3. The minimum atomic E-state index is -0.228. The Morgan fingerprint density at radius 3 is 2.76 bits per heavy atom. The van der Waals surface area contributed by atoms with Gasteiger partial charge in [0.15, 0.2) is 5.76 Å². The van der Waals surface area contributed by atoms with Crippen molar-refractivity contribution in [1.82, 2.24) is 15.5 Å². The summed E-state index contributed by atoms with van der Waals surface area (Å²) in [6.45, 7) is 5.70. The van der Waals surface area contributed by atoms with Gasteiger partial charge in [0.25, 0.3) is 5.91 Å². The molecule has 0 aliphatic rings. The number of nitrogens with one attached hydrogen (secondary N) is 1. The summed E-state index contributed by atoms with van der Waals surface area (Å²) in [5, 5.41) is 6.87. The molecule has 0 unspecified atom stereocenters. The number of aromatic nitrogens is 2. The fourth-order valence-corrected chi connectivity index (χ4v) is 2.70. The molecule has 3 aromatic heterocycles. The molecule has 6 heteroatoms. The van der Waals surface area contributed by atoms with Crippen molar-refractivity contribution >= 4 is 5.91 Å². The van der Waals surface area contributed by atoms with Crippen LogP contribution in [0.15, 0.2) is 45.5 Å². The van der Waals surface area contributed by atoms with Gasteiger partial charge in [-0.1, -0.05) is 11.2 Å². The predicted octanol–water partition coefficient (Wildman–Crippen LogP) is 3.23. The van der Waals surface area contributed by atoms with Gasteiger partial charge in [-0.3, -0.25) is 9.78 Å². The molecule has 0 aromatic carbocycles. The van der Waals surface area contributed by atoms with Crippen LogP contribution in [0, 0.1) is 13.8 Å². The highest BCUT2D eigenvalue weighted by Gasteiger charge is 2.17. The van der Waals surface area contributed by atoms with Crippen molar-refractivity contribution in [3.8, 4) is 0 Å². The molecule has 0 aliphatic carbocycles. The number of pyridine rings is 1. The van der Waals surface area contributed by atoms with Crippen LogP contribution in [0.3, 0.4) is 0 Å². The molecular formula is C19H21N3O3. The van der Waals surface area contributed by atoms with E-state index in [0.29, 0.717) is 24.4 Å². The van der Waals surface area contributed by atoms with Crippen LogP contribution in [-0.4, -0.2) is 22.1 Å². The average Bonchev–Trinajstić information content (AvgIpc) is 3.18. The van der Waals surface area contributed by atoms with Crippen molar-refractivity contribution < 1.29 is 13.7 Å². The molecule has 3 rings (SSSR count). The molecule has 0 radical (unpaired) electrons. The van der Waals surface area contributed by atoms with Crippen LogP contribution in [0.25, 0.3) is 0 Å². The van der Waals surface area contributed by atoms with Crippen LogP contribution in [-0.2, 0) is 12.8 Å². The maximum absolute atomic E-state index is 12.3. The summed E-state index contributed by atoms with van der Waals surface area (Å²) in [5.74, 6) is 1.55. The summed E-state index contributed by atoms with van der Waals surface area (Å²) >= 11 is 0. The monoisotopic (exact) mass is 339 g/mol. The van der Waals surface area contributed by atoms with E-state index in [1.165, 1.54) is 0 Å². The maximum Gasteiger partial charge on any atom is 0.287 e. The third-order valence-electron chi connectivity index (χ3n) is 4.04. The number of amides is 1. The smallest absolute Gasteiger partial charge is 0.287 e. The van der Waals surface area contributed by atoms with Crippen molar-refractivity contribution in [3.05, 3.63) is 70.8 Å². The number of hydrogen-bond acceptors (Lipinski definition) is 5. The second kappa shape index (κ2) is 7.34. The lowest BCUT2D eigenvalue weighted by Crippen LogP contribution is -2.34. The molecule has 0 saturated heterocycles. The normalized spacial score (nSPS) is 12.1. The van der Waals surface area contributed by atoms with E-state index >= 15 is 0 Å². The first kappa shape index (κ1) is 17.0. The lowest BCUT2D eigenvalue weighted by Gasteiger charge is -2.12. The van der Waals surface area contributed by atoms with Gasteiger partial charge in [0.05, 0.1) is 5.69 Å². The van der Waals surface area contributed by atoms with Crippen LogP contribution >= 0.6 is 0 Å². The Kier molecular flexibility index (Phi) is 4.97. The van der Waals surface area contributed by atoms with E-state index in [-0.39, 0.29) is 11.9 Å². The minimum Gasteiger partial charge on any atom is -0.456 e. The third-order valence-corrected chi connectivity index (χ3v) is 4.04. The topological polar surface area (TPSA) is 81.2 Å². The van der Waals surface area contributed by atoms with Crippen molar-refractivity contribution in [2.45, 2.75) is 39.7 Å². The molecular weight excluding hydrogens is 318 g/mol. The van der Waals surface area contributed by atoms with Crippen LogP contribution < -0.4 is 5.32 Å². The Hall–Kier alpha value is -2.89. The quantitative estimate of drug-likeness (QED) is 0.745. The first-order valence-electron chi connectivity index (χ1n) is 8.24. The van der Waals surface area contributed by atoms with E-state index in [1.54, 1.807) is 12.3 Å². The lowest BCUT2D eigenvalue weighted by atomic mass is 10.1. The van der Waals surface area contributed by atoms with Gasteiger partial charge in [-0.15, -0.1) is 0 Å². The molecule has 0 spiro atoms. The van der Waals surface area contributed by atoms with Gasteiger partial charge in [-0.25, -0.2) is 0 Å². The Morgan fingerprint density at radius 2 is 2.08 bits per heavy atom. The van der Waals surface area contributed by atoms with E-state index in [2.05, 4.69) is 15.5 Å². The van der Waals surface area contributed by atoms with E-state index in [0.717, 1.165) is 22.7 Å².